The van der Waals surface area contributed by atoms with Gasteiger partial charge in [-0.2, -0.15) is 0 Å². The van der Waals surface area contributed by atoms with Crippen molar-refractivity contribution in [3.05, 3.63) is 22.2 Å². The molecule has 0 amide bonds. The first-order chi connectivity index (χ1) is 8.69. The molecule has 0 aliphatic rings. The molecule has 1 aromatic carbocycles. The fourth-order valence-electron chi connectivity index (χ4n) is 1.60. The minimum absolute atomic E-state index is 0.00965. The molecule has 0 bridgehead atoms. The fourth-order valence-corrected chi connectivity index (χ4v) is 3.90. The molecule has 0 spiro atoms. The number of anilines is 1. The zero-order valence-corrected chi connectivity index (χ0v) is 13.5. The van der Waals surface area contributed by atoms with Crippen molar-refractivity contribution in [1.82, 2.24) is 4.72 Å². The molecule has 1 aromatic rings. The highest BCUT2D eigenvalue weighted by Gasteiger charge is 2.24. The number of nitrogen functional groups attached to an aromatic ring is 1. The van der Waals surface area contributed by atoms with E-state index in [1.54, 1.807) is 13.0 Å². The Morgan fingerprint density at radius 3 is 2.47 bits per heavy atom. The third-order valence-electron chi connectivity index (χ3n) is 2.96. The maximum atomic E-state index is 12.3. The van der Waals surface area contributed by atoms with Crippen LogP contribution in [0.5, 0.6) is 0 Å². The zero-order chi connectivity index (χ0) is 14.8. The van der Waals surface area contributed by atoms with Crippen molar-refractivity contribution in [2.75, 3.05) is 12.3 Å². The lowest BCUT2D eigenvalue weighted by Crippen LogP contribution is -2.41. The zero-order valence-electron chi connectivity index (χ0n) is 11.1. The van der Waals surface area contributed by atoms with Crippen LogP contribution in [0, 0.1) is 12.8 Å². The van der Waals surface area contributed by atoms with Gasteiger partial charge in [0.25, 0.3) is 0 Å². The van der Waals surface area contributed by atoms with Crippen molar-refractivity contribution < 1.29 is 13.5 Å². The quantitative estimate of drug-likeness (QED) is 0.703. The number of halogens is 1. The highest BCUT2D eigenvalue weighted by molar-refractivity contribution is 9.10. The van der Waals surface area contributed by atoms with E-state index in [1.165, 1.54) is 6.07 Å². The second kappa shape index (κ2) is 6.21. The van der Waals surface area contributed by atoms with Gasteiger partial charge in [-0.05, 0) is 30.5 Å². The molecule has 1 atom stereocenters. The van der Waals surface area contributed by atoms with Crippen LogP contribution >= 0.6 is 15.9 Å². The lowest BCUT2D eigenvalue weighted by molar-refractivity contribution is 0.227. The van der Waals surface area contributed by atoms with Crippen LogP contribution in [0.15, 0.2) is 21.5 Å². The van der Waals surface area contributed by atoms with Gasteiger partial charge >= 0.3 is 0 Å². The smallest absolute Gasteiger partial charge is 0.241 e. The predicted octanol–water partition coefficient (Wildman–Crippen LogP) is 1.63. The normalized spacial score (nSPS) is 13.8. The maximum Gasteiger partial charge on any atom is 0.241 e. The Bertz CT molecular complexity index is 558. The van der Waals surface area contributed by atoms with Crippen LogP contribution in [0.3, 0.4) is 0 Å². The number of nitrogens with two attached hydrogens (primary N) is 1. The van der Waals surface area contributed by atoms with Gasteiger partial charge in [0.2, 0.25) is 10.0 Å². The van der Waals surface area contributed by atoms with E-state index >= 15 is 0 Å². The molecule has 0 saturated heterocycles. The predicted molar refractivity (Wildman–Crippen MR) is 79.3 cm³/mol. The largest absolute Gasteiger partial charge is 0.398 e. The number of nitrogens with one attached hydrogen (secondary N) is 1. The number of benzene rings is 1. The Labute approximate surface area is 122 Å². The van der Waals surface area contributed by atoms with Gasteiger partial charge in [0.15, 0.2) is 0 Å². The summed E-state index contributed by atoms with van der Waals surface area (Å²) in [7, 11) is -3.71. The summed E-state index contributed by atoms with van der Waals surface area (Å²) in [6.45, 7) is 5.08. The van der Waals surface area contributed by atoms with Crippen molar-refractivity contribution in [2.45, 2.75) is 31.7 Å². The summed E-state index contributed by atoms with van der Waals surface area (Å²) in [5.74, 6) is -0.00965. The van der Waals surface area contributed by atoms with E-state index in [9.17, 15) is 13.5 Å². The van der Waals surface area contributed by atoms with Crippen LogP contribution < -0.4 is 10.5 Å². The van der Waals surface area contributed by atoms with Crippen molar-refractivity contribution >= 4 is 31.6 Å². The maximum absolute atomic E-state index is 12.3. The van der Waals surface area contributed by atoms with E-state index in [-0.39, 0.29) is 17.4 Å². The summed E-state index contributed by atoms with van der Waals surface area (Å²) < 4.78 is 27.8. The Balaban J connectivity index is 3.21. The van der Waals surface area contributed by atoms with Gasteiger partial charge in [-0.25, -0.2) is 13.1 Å². The highest BCUT2D eigenvalue weighted by atomic mass is 79.9. The molecule has 0 fully saturated rings. The molecule has 4 N–H and O–H groups in total. The first kappa shape index (κ1) is 16.4. The summed E-state index contributed by atoms with van der Waals surface area (Å²) >= 11 is 3.23. The van der Waals surface area contributed by atoms with E-state index < -0.39 is 16.1 Å². The molecule has 0 saturated carbocycles. The summed E-state index contributed by atoms with van der Waals surface area (Å²) in [5, 5.41) is 9.22. The SMILES string of the molecule is Cc1c(N)cc(Br)cc1S(=O)(=O)NC(CO)C(C)C. The lowest BCUT2D eigenvalue weighted by atomic mass is 10.1. The van der Waals surface area contributed by atoms with Gasteiger partial charge in [-0.1, -0.05) is 29.8 Å². The van der Waals surface area contributed by atoms with Crippen LogP contribution in [0.4, 0.5) is 5.69 Å². The number of rotatable bonds is 5. The average Bonchev–Trinajstić information content (AvgIpc) is 2.30. The van der Waals surface area contributed by atoms with Crippen molar-refractivity contribution in [3.8, 4) is 0 Å². The van der Waals surface area contributed by atoms with Crippen LogP contribution in [0.1, 0.15) is 19.4 Å². The second-order valence-electron chi connectivity index (χ2n) is 4.77. The number of hydrogen-bond donors (Lipinski definition) is 3. The molecule has 7 heteroatoms. The highest BCUT2D eigenvalue weighted by Crippen LogP contribution is 2.26. The average molecular weight is 351 g/mol. The molecule has 0 aliphatic heterocycles. The lowest BCUT2D eigenvalue weighted by Gasteiger charge is -2.21. The van der Waals surface area contributed by atoms with Gasteiger partial charge in [0.05, 0.1) is 11.5 Å². The van der Waals surface area contributed by atoms with Gasteiger partial charge in [-0.3, -0.25) is 0 Å². The van der Waals surface area contributed by atoms with Crippen LogP contribution in [0.2, 0.25) is 0 Å². The topological polar surface area (TPSA) is 92.4 Å². The monoisotopic (exact) mass is 350 g/mol. The van der Waals surface area contributed by atoms with Crippen LogP contribution in [-0.2, 0) is 10.0 Å². The van der Waals surface area contributed by atoms with Crippen LogP contribution in [0.25, 0.3) is 0 Å². The molecule has 5 nitrogen and oxygen atoms in total. The van der Waals surface area contributed by atoms with Crippen LogP contribution in [-0.4, -0.2) is 26.2 Å². The third kappa shape index (κ3) is 3.92. The summed E-state index contributed by atoms with van der Waals surface area (Å²) in [6.07, 6.45) is 0. The number of sulfonamides is 1. The molecule has 0 heterocycles. The van der Waals surface area contributed by atoms with Crippen molar-refractivity contribution in [3.63, 3.8) is 0 Å². The molecular formula is C12H19BrN2O3S. The Morgan fingerprint density at radius 2 is 2.00 bits per heavy atom. The molecule has 0 radical (unpaired) electrons. The Kier molecular flexibility index (Phi) is 5.37. The minimum Gasteiger partial charge on any atom is -0.398 e. The molecule has 1 rings (SSSR count). The Morgan fingerprint density at radius 1 is 1.42 bits per heavy atom. The second-order valence-corrected chi connectivity index (χ2v) is 7.37. The van der Waals surface area contributed by atoms with E-state index in [0.717, 1.165) is 0 Å². The van der Waals surface area contributed by atoms with E-state index in [1.807, 2.05) is 13.8 Å². The molecule has 0 aliphatic carbocycles. The first-order valence-corrected chi connectivity index (χ1v) is 8.15. The molecular weight excluding hydrogens is 332 g/mol. The number of aliphatic hydroxyl groups is 1. The minimum atomic E-state index is -3.71. The molecule has 0 aromatic heterocycles. The van der Waals surface area contributed by atoms with Gasteiger partial charge < -0.3 is 10.8 Å². The van der Waals surface area contributed by atoms with E-state index in [0.29, 0.717) is 15.7 Å². The molecule has 108 valence electrons. The molecule has 19 heavy (non-hydrogen) atoms. The standard InChI is InChI=1S/C12H19BrN2O3S/c1-7(2)11(6-16)15-19(17,18)12-5-9(13)4-10(14)8(12)3/h4-5,7,11,15-16H,6,14H2,1-3H3. The first-order valence-electron chi connectivity index (χ1n) is 5.88. The molecule has 1 unspecified atom stereocenters. The summed E-state index contributed by atoms with van der Waals surface area (Å²) in [6, 6.07) is 2.63. The van der Waals surface area contributed by atoms with E-state index in [4.69, 9.17) is 5.73 Å². The van der Waals surface area contributed by atoms with E-state index in [2.05, 4.69) is 20.7 Å². The van der Waals surface area contributed by atoms with Crippen molar-refractivity contribution in [1.29, 1.82) is 0 Å². The summed E-state index contributed by atoms with van der Waals surface area (Å²) in [5.41, 5.74) is 6.67. The Hall–Kier alpha value is -0.630. The van der Waals surface area contributed by atoms with Gasteiger partial charge in [0, 0.05) is 16.2 Å². The van der Waals surface area contributed by atoms with Gasteiger partial charge in [-0.15, -0.1) is 0 Å². The van der Waals surface area contributed by atoms with Crippen molar-refractivity contribution in [2.24, 2.45) is 5.92 Å². The number of hydrogen-bond acceptors (Lipinski definition) is 4. The van der Waals surface area contributed by atoms with Gasteiger partial charge in [0.1, 0.15) is 0 Å². The summed E-state index contributed by atoms with van der Waals surface area (Å²) in [4.78, 5) is 0.124. The number of aliphatic hydroxyl groups excluding tert-OH is 1. The third-order valence-corrected chi connectivity index (χ3v) is 5.04. The fraction of sp³-hybridized carbons (Fsp3) is 0.500.